The zero-order chi connectivity index (χ0) is 14.1. The highest BCUT2D eigenvalue weighted by Gasteiger charge is 2.28. The van der Waals surface area contributed by atoms with Gasteiger partial charge in [-0.3, -0.25) is 4.79 Å². The van der Waals surface area contributed by atoms with Crippen LogP contribution < -0.4 is 5.76 Å². The summed E-state index contributed by atoms with van der Waals surface area (Å²) in [6, 6.07) is 1.63. The largest absolute Gasteiger partial charge is 0.434 e. The molecule has 3 rings (SSSR count). The number of hydrogen-bond acceptors (Lipinski definition) is 6. The molecule has 1 saturated heterocycles. The number of likely N-dealkylation sites (tertiary alicyclic amines) is 1. The van der Waals surface area contributed by atoms with Crippen molar-refractivity contribution in [1.82, 2.24) is 20.3 Å². The average Bonchev–Trinajstić information content (AvgIpc) is 3.07. The van der Waals surface area contributed by atoms with Crippen LogP contribution >= 0.6 is 0 Å². The summed E-state index contributed by atoms with van der Waals surface area (Å²) in [5.41, 5.74) is 0.326. The van der Waals surface area contributed by atoms with Gasteiger partial charge in [0, 0.05) is 25.1 Å². The average molecular weight is 278 g/mol. The zero-order valence-electron chi connectivity index (χ0n) is 11.0. The third kappa shape index (κ3) is 2.36. The van der Waals surface area contributed by atoms with Gasteiger partial charge in [0.15, 0.2) is 5.69 Å². The van der Waals surface area contributed by atoms with Gasteiger partial charge in [-0.25, -0.2) is 9.89 Å². The SMILES string of the molecule is Cc1cc(C(=O)N2CCC(c3n[nH]c(=O)o3)CC2)no1. The van der Waals surface area contributed by atoms with Gasteiger partial charge in [-0.1, -0.05) is 5.16 Å². The van der Waals surface area contributed by atoms with Crippen molar-refractivity contribution in [2.24, 2.45) is 0 Å². The molecule has 2 aromatic heterocycles. The van der Waals surface area contributed by atoms with Crippen molar-refractivity contribution in [2.45, 2.75) is 25.7 Å². The van der Waals surface area contributed by atoms with Crippen LogP contribution in [0.15, 0.2) is 19.8 Å². The fourth-order valence-corrected chi connectivity index (χ4v) is 2.37. The van der Waals surface area contributed by atoms with E-state index in [0.717, 1.165) is 0 Å². The van der Waals surface area contributed by atoms with Gasteiger partial charge in [-0.15, -0.1) is 5.10 Å². The number of carbonyl (C=O) groups excluding carboxylic acids is 1. The number of H-pyrrole nitrogens is 1. The van der Waals surface area contributed by atoms with Gasteiger partial charge >= 0.3 is 5.76 Å². The van der Waals surface area contributed by atoms with E-state index in [1.165, 1.54) is 0 Å². The number of carbonyl (C=O) groups is 1. The van der Waals surface area contributed by atoms with Crippen molar-refractivity contribution in [3.63, 3.8) is 0 Å². The minimum atomic E-state index is -0.545. The lowest BCUT2D eigenvalue weighted by molar-refractivity contribution is 0.0695. The Morgan fingerprint density at radius 3 is 2.75 bits per heavy atom. The van der Waals surface area contributed by atoms with Crippen molar-refractivity contribution in [1.29, 1.82) is 0 Å². The summed E-state index contributed by atoms with van der Waals surface area (Å²) in [4.78, 5) is 24.8. The fraction of sp³-hybridized carbons (Fsp3) is 0.500. The van der Waals surface area contributed by atoms with E-state index < -0.39 is 5.76 Å². The predicted octanol–water partition coefficient (Wildman–Crippen LogP) is 0.679. The van der Waals surface area contributed by atoms with E-state index in [0.29, 0.717) is 43.3 Å². The number of aromatic nitrogens is 3. The molecular formula is C12H14N4O4. The molecule has 106 valence electrons. The van der Waals surface area contributed by atoms with Crippen LogP contribution in [0.25, 0.3) is 0 Å². The molecule has 0 spiro atoms. The first kappa shape index (κ1) is 12.6. The standard InChI is InChI=1S/C12H14N4O4/c1-7-6-9(15-20-7)11(17)16-4-2-8(3-5-16)10-13-14-12(18)19-10/h6,8H,2-5H2,1H3,(H,14,18). The van der Waals surface area contributed by atoms with Crippen molar-refractivity contribution >= 4 is 5.91 Å². The Morgan fingerprint density at radius 2 is 2.20 bits per heavy atom. The molecule has 8 heteroatoms. The predicted molar refractivity (Wildman–Crippen MR) is 66.2 cm³/mol. The summed E-state index contributed by atoms with van der Waals surface area (Å²) in [5, 5.41) is 9.82. The van der Waals surface area contributed by atoms with Crippen LogP contribution in [-0.4, -0.2) is 39.3 Å². The Labute approximate surface area is 113 Å². The number of hydrogen-bond donors (Lipinski definition) is 1. The number of aryl methyl sites for hydroxylation is 1. The quantitative estimate of drug-likeness (QED) is 0.866. The maximum Gasteiger partial charge on any atom is 0.434 e. The molecule has 0 atom stereocenters. The summed E-state index contributed by atoms with van der Waals surface area (Å²) < 4.78 is 9.86. The van der Waals surface area contributed by atoms with Crippen LogP contribution in [-0.2, 0) is 0 Å². The van der Waals surface area contributed by atoms with Crippen LogP contribution in [0.4, 0.5) is 0 Å². The number of nitrogens with zero attached hydrogens (tertiary/aromatic N) is 3. The van der Waals surface area contributed by atoms with Gasteiger partial charge in [-0.05, 0) is 19.8 Å². The summed E-state index contributed by atoms with van der Waals surface area (Å²) in [5.74, 6) is 0.415. The van der Waals surface area contributed by atoms with Crippen molar-refractivity contribution in [2.75, 3.05) is 13.1 Å². The normalized spacial score (nSPS) is 16.6. The van der Waals surface area contributed by atoms with Crippen LogP contribution in [0, 0.1) is 6.92 Å². The highest BCUT2D eigenvalue weighted by atomic mass is 16.5. The minimum Gasteiger partial charge on any atom is -0.392 e. The van der Waals surface area contributed by atoms with Crippen LogP contribution in [0.3, 0.4) is 0 Å². The molecule has 0 aromatic carbocycles. The number of rotatable bonds is 2. The molecule has 1 aliphatic rings. The molecule has 0 unspecified atom stereocenters. The topological polar surface area (TPSA) is 105 Å². The minimum absolute atomic E-state index is 0.0667. The lowest BCUT2D eigenvalue weighted by atomic mass is 9.96. The van der Waals surface area contributed by atoms with E-state index in [9.17, 15) is 9.59 Å². The van der Waals surface area contributed by atoms with Crippen molar-refractivity contribution in [3.05, 3.63) is 34.0 Å². The first-order valence-electron chi connectivity index (χ1n) is 6.41. The molecule has 0 saturated carbocycles. The van der Waals surface area contributed by atoms with Gasteiger partial charge in [0.1, 0.15) is 5.76 Å². The van der Waals surface area contributed by atoms with E-state index in [4.69, 9.17) is 8.94 Å². The molecule has 20 heavy (non-hydrogen) atoms. The molecule has 1 fully saturated rings. The second kappa shape index (κ2) is 4.95. The number of piperidine rings is 1. The fourth-order valence-electron chi connectivity index (χ4n) is 2.37. The van der Waals surface area contributed by atoms with Crippen LogP contribution in [0.2, 0.25) is 0 Å². The molecule has 0 radical (unpaired) electrons. The number of amides is 1. The molecule has 8 nitrogen and oxygen atoms in total. The van der Waals surface area contributed by atoms with Crippen molar-refractivity contribution < 1.29 is 13.7 Å². The molecular weight excluding hydrogens is 264 g/mol. The Bertz CT molecular complexity index is 663. The zero-order valence-corrected chi connectivity index (χ0v) is 11.0. The lowest BCUT2D eigenvalue weighted by Crippen LogP contribution is -2.38. The smallest absolute Gasteiger partial charge is 0.392 e. The van der Waals surface area contributed by atoms with Gasteiger partial charge < -0.3 is 13.8 Å². The van der Waals surface area contributed by atoms with E-state index in [-0.39, 0.29) is 11.8 Å². The first-order chi connectivity index (χ1) is 9.63. The molecule has 1 amide bonds. The summed E-state index contributed by atoms with van der Waals surface area (Å²) >= 11 is 0. The highest BCUT2D eigenvalue weighted by Crippen LogP contribution is 2.26. The van der Waals surface area contributed by atoms with Gasteiger partial charge in [0.05, 0.1) is 0 Å². The number of aromatic amines is 1. The third-order valence-corrected chi connectivity index (χ3v) is 3.43. The van der Waals surface area contributed by atoms with Gasteiger partial charge in [0.2, 0.25) is 5.89 Å². The maximum atomic E-state index is 12.2. The summed E-state index contributed by atoms with van der Waals surface area (Å²) in [7, 11) is 0. The maximum absolute atomic E-state index is 12.2. The summed E-state index contributed by atoms with van der Waals surface area (Å²) in [6.07, 6.45) is 1.41. The Kier molecular flexibility index (Phi) is 3.13. The second-order valence-electron chi connectivity index (χ2n) is 4.84. The Hall–Kier alpha value is -2.38. The summed E-state index contributed by atoms with van der Waals surface area (Å²) in [6.45, 7) is 2.90. The molecule has 0 bridgehead atoms. The van der Waals surface area contributed by atoms with Crippen LogP contribution in [0.5, 0.6) is 0 Å². The first-order valence-corrected chi connectivity index (χ1v) is 6.41. The molecule has 1 N–H and O–H groups in total. The lowest BCUT2D eigenvalue weighted by Gasteiger charge is -2.29. The number of nitrogens with one attached hydrogen (secondary N) is 1. The highest BCUT2D eigenvalue weighted by molar-refractivity contribution is 5.92. The second-order valence-corrected chi connectivity index (χ2v) is 4.84. The van der Waals surface area contributed by atoms with Gasteiger partial charge in [-0.2, -0.15) is 0 Å². The monoisotopic (exact) mass is 278 g/mol. The third-order valence-electron chi connectivity index (χ3n) is 3.43. The molecule has 3 heterocycles. The van der Waals surface area contributed by atoms with E-state index >= 15 is 0 Å². The molecule has 1 aliphatic heterocycles. The Balaban J connectivity index is 1.64. The molecule has 0 aliphatic carbocycles. The van der Waals surface area contributed by atoms with E-state index in [1.54, 1.807) is 17.9 Å². The molecule has 2 aromatic rings. The van der Waals surface area contributed by atoms with Crippen LogP contribution in [0.1, 0.15) is 40.9 Å². The van der Waals surface area contributed by atoms with Gasteiger partial charge in [0.25, 0.3) is 5.91 Å². The Morgan fingerprint density at radius 1 is 1.45 bits per heavy atom. The van der Waals surface area contributed by atoms with E-state index in [1.807, 2.05) is 0 Å². The van der Waals surface area contributed by atoms with E-state index in [2.05, 4.69) is 15.4 Å². The van der Waals surface area contributed by atoms with Crippen molar-refractivity contribution in [3.8, 4) is 0 Å².